The van der Waals surface area contributed by atoms with Gasteiger partial charge in [-0.15, -0.1) is 0 Å². The van der Waals surface area contributed by atoms with Crippen molar-refractivity contribution in [3.63, 3.8) is 0 Å². The van der Waals surface area contributed by atoms with Gasteiger partial charge in [0.2, 0.25) is 0 Å². The number of esters is 2. The third-order valence-corrected chi connectivity index (χ3v) is 2.64. The Morgan fingerprint density at radius 3 is 2.23 bits per heavy atom. The van der Waals surface area contributed by atoms with Crippen LogP contribution >= 0.6 is 0 Å². The molecule has 0 fully saturated rings. The van der Waals surface area contributed by atoms with E-state index in [0.29, 0.717) is 5.57 Å². The second kappa shape index (κ2) is 7.73. The zero-order valence-electron chi connectivity index (χ0n) is 12.3. The lowest BCUT2D eigenvalue weighted by Crippen LogP contribution is -2.13. The van der Waals surface area contributed by atoms with E-state index in [9.17, 15) is 19.5 Å². The number of benzene rings is 1. The fourth-order valence-corrected chi connectivity index (χ4v) is 1.55. The van der Waals surface area contributed by atoms with Crippen molar-refractivity contribution in [3.8, 4) is 0 Å². The molecule has 0 aliphatic heterocycles. The summed E-state index contributed by atoms with van der Waals surface area (Å²) in [6.45, 7) is 6.28. The second-order valence-electron chi connectivity index (χ2n) is 4.59. The zero-order chi connectivity index (χ0) is 16.7. The van der Waals surface area contributed by atoms with Crippen LogP contribution in [0.1, 0.15) is 19.4 Å². The number of rotatable bonds is 5. The van der Waals surface area contributed by atoms with Crippen molar-refractivity contribution in [1.29, 1.82) is 0 Å². The molecule has 0 saturated heterocycles. The van der Waals surface area contributed by atoms with Gasteiger partial charge in [-0.1, -0.05) is 43.0 Å². The number of carbonyl (C=O) groups excluding carboxylic acids is 2. The Morgan fingerprint density at radius 1 is 1.14 bits per heavy atom. The van der Waals surface area contributed by atoms with Crippen molar-refractivity contribution in [1.82, 2.24) is 0 Å². The third kappa shape index (κ3) is 5.20. The molecule has 5 nitrogen and oxygen atoms in total. The van der Waals surface area contributed by atoms with Gasteiger partial charge in [0, 0.05) is 11.6 Å². The van der Waals surface area contributed by atoms with Crippen molar-refractivity contribution in [3.05, 3.63) is 65.3 Å². The van der Waals surface area contributed by atoms with Crippen molar-refractivity contribution in [2.75, 3.05) is 0 Å². The molecule has 0 aliphatic rings. The molecule has 0 amide bonds. The monoisotopic (exact) mass is 300 g/mol. The van der Waals surface area contributed by atoms with Gasteiger partial charge in [-0.25, -0.2) is 14.4 Å². The Bertz CT molecular complexity index is 666. The van der Waals surface area contributed by atoms with Crippen LogP contribution in [-0.4, -0.2) is 23.0 Å². The molecule has 0 aliphatic carbocycles. The van der Waals surface area contributed by atoms with Gasteiger partial charge in [0.1, 0.15) is 0 Å². The topological polar surface area (TPSA) is 80.7 Å². The highest BCUT2D eigenvalue weighted by Crippen LogP contribution is 2.15. The number of hydrogen-bond donors (Lipinski definition) is 1. The van der Waals surface area contributed by atoms with Crippen molar-refractivity contribution >= 4 is 24.0 Å². The van der Waals surface area contributed by atoms with Gasteiger partial charge < -0.3 is 9.84 Å². The van der Waals surface area contributed by atoms with E-state index in [-0.39, 0.29) is 11.1 Å². The molecule has 0 saturated carbocycles. The molecule has 1 N–H and O–H groups in total. The SMILES string of the molecule is C=C(C)C(=O)OC(=O)/C=C(C(=O)O)/C(C)=C\c1ccccc1. The lowest BCUT2D eigenvalue weighted by Gasteiger charge is -2.04. The van der Waals surface area contributed by atoms with Gasteiger partial charge >= 0.3 is 17.9 Å². The molecule has 1 rings (SSSR count). The summed E-state index contributed by atoms with van der Waals surface area (Å²) < 4.78 is 4.45. The molecule has 0 aromatic heterocycles. The standard InChI is InChI=1S/C17H16O5/c1-11(2)17(21)22-15(18)10-14(16(19)20)12(3)9-13-7-5-4-6-8-13/h4-10H,1H2,2-3H3,(H,19,20)/b12-9-,14-10-. The van der Waals surface area contributed by atoms with Crippen LogP contribution in [-0.2, 0) is 19.1 Å². The first-order valence-electron chi connectivity index (χ1n) is 6.41. The summed E-state index contributed by atoms with van der Waals surface area (Å²) in [7, 11) is 0. The third-order valence-electron chi connectivity index (χ3n) is 2.64. The minimum absolute atomic E-state index is 0.0511. The normalized spacial score (nSPS) is 11.7. The van der Waals surface area contributed by atoms with E-state index < -0.39 is 17.9 Å². The van der Waals surface area contributed by atoms with E-state index in [4.69, 9.17) is 0 Å². The zero-order valence-corrected chi connectivity index (χ0v) is 12.3. The van der Waals surface area contributed by atoms with Gasteiger partial charge in [0.25, 0.3) is 0 Å². The number of carboxylic acid groups (broad SMARTS) is 1. The lowest BCUT2D eigenvalue weighted by molar-refractivity contribution is -0.153. The average molecular weight is 300 g/mol. The highest BCUT2D eigenvalue weighted by Gasteiger charge is 2.15. The smallest absolute Gasteiger partial charge is 0.340 e. The van der Waals surface area contributed by atoms with E-state index in [1.165, 1.54) is 6.92 Å². The number of hydrogen-bond acceptors (Lipinski definition) is 4. The van der Waals surface area contributed by atoms with Crippen LogP contribution in [0.5, 0.6) is 0 Å². The quantitative estimate of drug-likeness (QED) is 0.391. The number of carboxylic acids is 1. The van der Waals surface area contributed by atoms with Gasteiger partial charge in [-0.3, -0.25) is 0 Å². The Labute approximate surface area is 128 Å². The minimum atomic E-state index is -1.29. The largest absolute Gasteiger partial charge is 0.478 e. The van der Waals surface area contributed by atoms with Gasteiger partial charge in [0.05, 0.1) is 5.57 Å². The predicted octanol–water partition coefficient (Wildman–Crippen LogP) is 2.75. The lowest BCUT2D eigenvalue weighted by atomic mass is 10.0. The van der Waals surface area contributed by atoms with E-state index in [0.717, 1.165) is 11.6 Å². The summed E-state index contributed by atoms with van der Waals surface area (Å²) in [5, 5.41) is 9.19. The predicted molar refractivity (Wildman–Crippen MR) is 81.7 cm³/mol. The first-order chi connectivity index (χ1) is 10.3. The summed E-state index contributed by atoms with van der Waals surface area (Å²) in [6, 6.07) is 9.05. The maximum Gasteiger partial charge on any atom is 0.340 e. The van der Waals surface area contributed by atoms with Gasteiger partial charge in [-0.2, -0.15) is 0 Å². The van der Waals surface area contributed by atoms with Crippen molar-refractivity contribution < 1.29 is 24.2 Å². The van der Waals surface area contributed by atoms with Gasteiger partial charge in [0.15, 0.2) is 0 Å². The van der Waals surface area contributed by atoms with Crippen LogP contribution in [0.15, 0.2) is 59.7 Å². The Hall–Kier alpha value is -2.95. The highest BCUT2D eigenvalue weighted by molar-refractivity contribution is 6.04. The van der Waals surface area contributed by atoms with Crippen LogP contribution in [0.2, 0.25) is 0 Å². The highest BCUT2D eigenvalue weighted by atomic mass is 16.6. The van der Waals surface area contributed by atoms with E-state index >= 15 is 0 Å². The maximum atomic E-state index is 11.6. The number of aliphatic carboxylic acids is 1. The molecule has 0 bridgehead atoms. The summed E-state index contributed by atoms with van der Waals surface area (Å²) >= 11 is 0. The second-order valence-corrected chi connectivity index (χ2v) is 4.59. The maximum absolute atomic E-state index is 11.6. The molecule has 0 spiro atoms. The fraction of sp³-hybridized carbons (Fsp3) is 0.118. The molecule has 0 atom stereocenters. The van der Waals surface area contributed by atoms with Crippen molar-refractivity contribution in [2.24, 2.45) is 0 Å². The molecule has 0 unspecified atom stereocenters. The summed E-state index contributed by atoms with van der Waals surface area (Å²) in [5.41, 5.74) is 0.954. The molecule has 114 valence electrons. The number of ether oxygens (including phenoxy) is 1. The molecular formula is C17H16O5. The first kappa shape index (κ1) is 17.1. The molecule has 1 aromatic carbocycles. The van der Waals surface area contributed by atoms with E-state index in [1.807, 2.05) is 18.2 Å². The Morgan fingerprint density at radius 2 is 1.73 bits per heavy atom. The summed E-state index contributed by atoms with van der Waals surface area (Å²) in [5.74, 6) is -3.23. The fourth-order valence-electron chi connectivity index (χ4n) is 1.55. The molecule has 22 heavy (non-hydrogen) atoms. The van der Waals surface area contributed by atoms with Crippen LogP contribution in [0.3, 0.4) is 0 Å². The van der Waals surface area contributed by atoms with E-state index in [2.05, 4.69) is 11.3 Å². The van der Waals surface area contributed by atoms with Crippen LogP contribution in [0.25, 0.3) is 6.08 Å². The molecule has 0 radical (unpaired) electrons. The Balaban J connectivity index is 3.03. The van der Waals surface area contributed by atoms with Crippen molar-refractivity contribution in [2.45, 2.75) is 13.8 Å². The molecule has 1 aromatic rings. The Kier molecular flexibility index (Phi) is 6.01. The first-order valence-corrected chi connectivity index (χ1v) is 6.41. The minimum Gasteiger partial charge on any atom is -0.478 e. The molecule has 5 heteroatoms. The summed E-state index contributed by atoms with van der Waals surface area (Å²) in [4.78, 5) is 34.1. The average Bonchev–Trinajstić information content (AvgIpc) is 2.45. The van der Waals surface area contributed by atoms with Crippen LogP contribution < -0.4 is 0 Å². The number of carbonyl (C=O) groups is 3. The van der Waals surface area contributed by atoms with E-state index in [1.54, 1.807) is 25.1 Å². The molecular weight excluding hydrogens is 284 g/mol. The van der Waals surface area contributed by atoms with Crippen LogP contribution in [0, 0.1) is 0 Å². The van der Waals surface area contributed by atoms with Gasteiger partial charge in [-0.05, 0) is 25.0 Å². The molecule has 0 heterocycles. The summed E-state index contributed by atoms with van der Waals surface area (Å²) in [6.07, 6.45) is 2.39. The van der Waals surface area contributed by atoms with Crippen LogP contribution in [0.4, 0.5) is 0 Å².